The molecular weight excluding hydrogens is 188 g/mol. The van der Waals surface area contributed by atoms with Gasteiger partial charge in [-0.15, -0.1) is 0 Å². The highest BCUT2D eigenvalue weighted by Crippen LogP contribution is 2.35. The second kappa shape index (κ2) is 5.88. The first-order valence-electron chi connectivity index (χ1n) is 5.93. The van der Waals surface area contributed by atoms with E-state index >= 15 is 0 Å². The fourth-order valence-electron chi connectivity index (χ4n) is 2.12. The smallest absolute Gasteiger partial charge is 0.206 e. The molecule has 2 nitrogen and oxygen atoms in total. The third-order valence-electron chi connectivity index (χ3n) is 2.86. The first-order valence-corrected chi connectivity index (χ1v) is 8.14. The van der Waals surface area contributed by atoms with Crippen molar-refractivity contribution < 1.29 is 0 Å². The van der Waals surface area contributed by atoms with Crippen molar-refractivity contribution in [2.45, 2.75) is 59.0 Å². The van der Waals surface area contributed by atoms with E-state index in [0.717, 1.165) is 13.1 Å². The minimum atomic E-state index is -1.50. The molecule has 0 unspecified atom stereocenters. The van der Waals surface area contributed by atoms with Crippen molar-refractivity contribution in [3.8, 4) is 0 Å². The quantitative estimate of drug-likeness (QED) is 0.667. The van der Waals surface area contributed by atoms with Crippen molar-refractivity contribution in [1.29, 1.82) is 0 Å². The van der Waals surface area contributed by atoms with Crippen LogP contribution in [0.5, 0.6) is 0 Å². The lowest BCUT2D eigenvalue weighted by Gasteiger charge is -2.43. The molecule has 0 saturated heterocycles. The van der Waals surface area contributed by atoms with Crippen molar-refractivity contribution in [2.24, 2.45) is 0 Å². The highest BCUT2D eigenvalue weighted by atomic mass is 28.3. The lowest BCUT2D eigenvalue weighted by molar-refractivity contribution is 0.632. The van der Waals surface area contributed by atoms with Crippen LogP contribution in [0.1, 0.15) is 48.0 Å². The number of nitrogens with one attached hydrogen (secondary N) is 2. The second-order valence-electron chi connectivity index (χ2n) is 4.97. The third-order valence-corrected chi connectivity index (χ3v) is 8.59. The van der Waals surface area contributed by atoms with Crippen LogP contribution in [-0.4, -0.2) is 21.5 Å². The molecule has 0 bridgehead atoms. The molecule has 0 aliphatic carbocycles. The van der Waals surface area contributed by atoms with Gasteiger partial charge < -0.3 is 9.96 Å². The van der Waals surface area contributed by atoms with E-state index in [9.17, 15) is 0 Å². The van der Waals surface area contributed by atoms with Crippen LogP contribution >= 0.6 is 0 Å². The molecule has 0 aromatic carbocycles. The molecule has 86 valence electrons. The Morgan fingerprint density at radius 2 is 1.36 bits per heavy atom. The van der Waals surface area contributed by atoms with E-state index < -0.39 is 8.40 Å². The zero-order chi connectivity index (χ0) is 11.2. The average molecular weight is 216 g/mol. The molecular formula is C11H28N2Si. The number of hydrogen-bond donors (Lipinski definition) is 2. The molecule has 0 aromatic rings. The molecule has 0 fully saturated rings. The summed E-state index contributed by atoms with van der Waals surface area (Å²) < 4.78 is 0. The van der Waals surface area contributed by atoms with E-state index in [1.165, 1.54) is 12.5 Å². The highest BCUT2D eigenvalue weighted by Gasteiger charge is 2.43. The highest BCUT2D eigenvalue weighted by molar-refractivity contribution is 6.77. The van der Waals surface area contributed by atoms with Crippen molar-refractivity contribution in [3.05, 3.63) is 0 Å². The van der Waals surface area contributed by atoms with E-state index in [-0.39, 0.29) is 0 Å². The van der Waals surface area contributed by atoms with Gasteiger partial charge in [0.05, 0.1) is 0 Å². The Balaban J connectivity index is 4.73. The Hall–Kier alpha value is 0.137. The molecule has 0 rings (SSSR count). The minimum Gasteiger partial charge on any atom is -0.325 e. The standard InChI is InChI=1S/C11H28N2Si/c1-7-10-14(12-8-2,13-9-3)11(4,5)6/h12-13H,7-10H2,1-6H3. The van der Waals surface area contributed by atoms with Gasteiger partial charge in [0.1, 0.15) is 0 Å². The van der Waals surface area contributed by atoms with Gasteiger partial charge in [0.25, 0.3) is 0 Å². The lowest BCUT2D eigenvalue weighted by atomic mass is 10.2. The van der Waals surface area contributed by atoms with Gasteiger partial charge >= 0.3 is 0 Å². The van der Waals surface area contributed by atoms with Crippen LogP contribution in [0.15, 0.2) is 0 Å². The van der Waals surface area contributed by atoms with Crippen LogP contribution in [0.3, 0.4) is 0 Å². The zero-order valence-electron chi connectivity index (χ0n) is 10.8. The summed E-state index contributed by atoms with van der Waals surface area (Å²) >= 11 is 0. The molecule has 0 aliphatic rings. The monoisotopic (exact) mass is 216 g/mol. The van der Waals surface area contributed by atoms with E-state index in [0.29, 0.717) is 5.04 Å². The maximum atomic E-state index is 3.77. The van der Waals surface area contributed by atoms with Gasteiger partial charge in [0, 0.05) is 0 Å². The van der Waals surface area contributed by atoms with Crippen LogP contribution in [0.4, 0.5) is 0 Å². The third kappa shape index (κ3) is 3.37. The summed E-state index contributed by atoms with van der Waals surface area (Å²) in [4.78, 5) is 7.53. The Kier molecular flexibility index (Phi) is 5.94. The number of rotatable bonds is 6. The molecule has 0 atom stereocenters. The Morgan fingerprint density at radius 1 is 0.929 bits per heavy atom. The summed E-state index contributed by atoms with van der Waals surface area (Å²) in [6.07, 6.45) is 1.27. The lowest BCUT2D eigenvalue weighted by Crippen LogP contribution is -2.67. The van der Waals surface area contributed by atoms with Crippen molar-refractivity contribution in [3.63, 3.8) is 0 Å². The van der Waals surface area contributed by atoms with E-state index in [1.807, 2.05) is 0 Å². The van der Waals surface area contributed by atoms with Crippen molar-refractivity contribution in [1.82, 2.24) is 9.96 Å². The maximum absolute atomic E-state index is 3.77. The van der Waals surface area contributed by atoms with Crippen LogP contribution in [0.25, 0.3) is 0 Å². The van der Waals surface area contributed by atoms with Gasteiger partial charge in [-0.25, -0.2) is 0 Å². The minimum absolute atomic E-state index is 0.384. The molecule has 0 saturated carbocycles. The SMILES string of the molecule is CCC[Si](NCC)(NCC)C(C)(C)C. The summed E-state index contributed by atoms with van der Waals surface area (Å²) in [5, 5.41) is 0.384. The molecule has 14 heavy (non-hydrogen) atoms. The Labute approximate surface area is 91.0 Å². The molecule has 0 amide bonds. The topological polar surface area (TPSA) is 24.1 Å². The van der Waals surface area contributed by atoms with Crippen LogP contribution in [-0.2, 0) is 0 Å². The van der Waals surface area contributed by atoms with Crippen molar-refractivity contribution >= 4 is 8.40 Å². The van der Waals surface area contributed by atoms with Gasteiger partial charge in [-0.3, -0.25) is 0 Å². The maximum Gasteiger partial charge on any atom is 0.206 e. The molecule has 3 heteroatoms. The normalized spacial score (nSPS) is 13.3. The van der Waals surface area contributed by atoms with Gasteiger partial charge in [0.2, 0.25) is 8.40 Å². The van der Waals surface area contributed by atoms with Gasteiger partial charge in [-0.2, -0.15) is 0 Å². The fourth-order valence-corrected chi connectivity index (χ4v) is 6.37. The predicted octanol–water partition coefficient (Wildman–Crippen LogP) is 2.86. The van der Waals surface area contributed by atoms with E-state index in [1.54, 1.807) is 0 Å². The Morgan fingerprint density at radius 3 is 1.57 bits per heavy atom. The summed E-state index contributed by atoms with van der Waals surface area (Å²) in [5.41, 5.74) is 0. The molecule has 0 heterocycles. The average Bonchev–Trinajstić information content (AvgIpc) is 2.03. The largest absolute Gasteiger partial charge is 0.325 e. The summed E-state index contributed by atoms with van der Waals surface area (Å²) in [6.45, 7) is 15.9. The first kappa shape index (κ1) is 14.1. The van der Waals surface area contributed by atoms with Gasteiger partial charge in [0.15, 0.2) is 0 Å². The van der Waals surface area contributed by atoms with Gasteiger partial charge in [-0.05, 0) is 24.2 Å². The first-order chi connectivity index (χ1) is 6.43. The fraction of sp³-hybridized carbons (Fsp3) is 1.00. The summed E-state index contributed by atoms with van der Waals surface area (Å²) in [5.74, 6) is 0. The molecule has 2 N–H and O–H groups in total. The molecule has 0 spiro atoms. The Bertz CT molecular complexity index is 135. The van der Waals surface area contributed by atoms with Crippen molar-refractivity contribution in [2.75, 3.05) is 13.1 Å². The van der Waals surface area contributed by atoms with Crippen LogP contribution in [0, 0.1) is 0 Å². The summed E-state index contributed by atoms with van der Waals surface area (Å²) in [6, 6.07) is 1.32. The van der Waals surface area contributed by atoms with E-state index in [4.69, 9.17) is 0 Å². The molecule has 0 radical (unpaired) electrons. The zero-order valence-corrected chi connectivity index (χ0v) is 11.8. The van der Waals surface area contributed by atoms with E-state index in [2.05, 4.69) is 51.5 Å². The van der Waals surface area contributed by atoms with Gasteiger partial charge in [-0.1, -0.05) is 48.0 Å². The predicted molar refractivity (Wildman–Crippen MR) is 67.9 cm³/mol. The number of hydrogen-bond acceptors (Lipinski definition) is 2. The van der Waals surface area contributed by atoms with Crippen LogP contribution in [0.2, 0.25) is 11.1 Å². The summed E-state index contributed by atoms with van der Waals surface area (Å²) in [7, 11) is -1.50. The van der Waals surface area contributed by atoms with Crippen LogP contribution < -0.4 is 9.96 Å². The second-order valence-corrected chi connectivity index (χ2v) is 9.48. The molecule has 0 aliphatic heterocycles. The molecule has 0 aromatic heterocycles.